The molecule has 2 unspecified atom stereocenters. The molecule has 2 rings (SSSR count). The van der Waals surface area contributed by atoms with Crippen LogP contribution in [0.4, 0.5) is 10.1 Å². The van der Waals surface area contributed by atoms with Gasteiger partial charge in [-0.05, 0) is 43.9 Å². The molecule has 0 bridgehead atoms. The second kappa shape index (κ2) is 4.96. The standard InChI is InChI=1S/C14H19FN2O/c1-9-5-6-17(10(2)7-9)14(18)12-8-11(15)3-4-13(12)16/h3-4,8-10H,5-7,16H2,1-2H3. The number of halogens is 1. The summed E-state index contributed by atoms with van der Waals surface area (Å²) in [5, 5.41) is 0. The molecule has 2 N–H and O–H groups in total. The van der Waals surface area contributed by atoms with Crippen molar-refractivity contribution in [3.8, 4) is 0 Å². The molecule has 4 heteroatoms. The lowest BCUT2D eigenvalue weighted by atomic mass is 9.92. The van der Waals surface area contributed by atoms with E-state index in [9.17, 15) is 9.18 Å². The first-order chi connectivity index (χ1) is 8.49. The molecular formula is C14H19FN2O. The molecule has 1 aliphatic rings. The molecule has 0 saturated carbocycles. The van der Waals surface area contributed by atoms with Crippen molar-refractivity contribution in [1.82, 2.24) is 4.90 Å². The fourth-order valence-corrected chi connectivity index (χ4v) is 2.58. The first-order valence-corrected chi connectivity index (χ1v) is 6.35. The largest absolute Gasteiger partial charge is 0.398 e. The molecule has 0 aromatic heterocycles. The van der Waals surface area contributed by atoms with Crippen molar-refractivity contribution in [2.24, 2.45) is 5.92 Å². The van der Waals surface area contributed by atoms with Crippen LogP contribution in [0.25, 0.3) is 0 Å². The van der Waals surface area contributed by atoms with E-state index < -0.39 is 5.82 Å². The summed E-state index contributed by atoms with van der Waals surface area (Å²) in [6, 6.07) is 4.12. The molecule has 1 aliphatic heterocycles. The zero-order chi connectivity index (χ0) is 13.3. The first-order valence-electron chi connectivity index (χ1n) is 6.35. The number of likely N-dealkylation sites (tertiary alicyclic amines) is 1. The van der Waals surface area contributed by atoms with Gasteiger partial charge in [-0.2, -0.15) is 0 Å². The van der Waals surface area contributed by atoms with Crippen LogP contribution in [0.1, 0.15) is 37.0 Å². The summed E-state index contributed by atoms with van der Waals surface area (Å²) >= 11 is 0. The van der Waals surface area contributed by atoms with Crippen molar-refractivity contribution in [3.63, 3.8) is 0 Å². The summed E-state index contributed by atoms with van der Waals surface area (Å²) < 4.78 is 13.2. The van der Waals surface area contributed by atoms with Gasteiger partial charge in [-0.15, -0.1) is 0 Å². The maximum Gasteiger partial charge on any atom is 0.256 e. The topological polar surface area (TPSA) is 46.3 Å². The normalized spacial score (nSPS) is 24.1. The molecule has 1 aromatic carbocycles. The van der Waals surface area contributed by atoms with E-state index in [2.05, 4.69) is 6.92 Å². The van der Waals surface area contributed by atoms with E-state index in [1.807, 2.05) is 6.92 Å². The lowest BCUT2D eigenvalue weighted by Gasteiger charge is -2.36. The lowest BCUT2D eigenvalue weighted by molar-refractivity contribution is 0.0589. The van der Waals surface area contributed by atoms with Gasteiger partial charge in [0.25, 0.3) is 5.91 Å². The van der Waals surface area contributed by atoms with Crippen LogP contribution in [-0.2, 0) is 0 Å². The number of nitrogens with two attached hydrogens (primary N) is 1. The van der Waals surface area contributed by atoms with Crippen LogP contribution in [0, 0.1) is 11.7 Å². The average Bonchev–Trinajstić information content (AvgIpc) is 2.31. The second-order valence-electron chi connectivity index (χ2n) is 5.21. The Labute approximate surface area is 107 Å². The predicted octanol–water partition coefficient (Wildman–Crippen LogP) is 2.67. The summed E-state index contributed by atoms with van der Waals surface area (Å²) in [4.78, 5) is 14.2. The maximum absolute atomic E-state index is 13.2. The van der Waals surface area contributed by atoms with E-state index in [1.165, 1.54) is 18.2 Å². The third-order valence-corrected chi connectivity index (χ3v) is 3.64. The molecule has 3 nitrogen and oxygen atoms in total. The van der Waals surface area contributed by atoms with Gasteiger partial charge in [-0.1, -0.05) is 6.92 Å². The molecule has 1 heterocycles. The number of nitrogens with zero attached hydrogens (tertiary/aromatic N) is 1. The quantitative estimate of drug-likeness (QED) is 0.779. The molecule has 18 heavy (non-hydrogen) atoms. The number of hydrogen-bond donors (Lipinski definition) is 1. The summed E-state index contributed by atoms with van der Waals surface area (Å²) in [5.41, 5.74) is 6.37. The predicted molar refractivity (Wildman–Crippen MR) is 69.7 cm³/mol. The van der Waals surface area contributed by atoms with Crippen molar-refractivity contribution in [3.05, 3.63) is 29.6 Å². The van der Waals surface area contributed by atoms with Crippen molar-refractivity contribution in [2.75, 3.05) is 12.3 Å². The monoisotopic (exact) mass is 250 g/mol. The summed E-state index contributed by atoms with van der Waals surface area (Å²) in [6.07, 6.45) is 1.98. The molecule has 1 saturated heterocycles. The van der Waals surface area contributed by atoms with Gasteiger partial charge in [0.15, 0.2) is 0 Å². The molecule has 98 valence electrons. The van der Waals surface area contributed by atoms with Gasteiger partial charge in [-0.25, -0.2) is 4.39 Å². The zero-order valence-electron chi connectivity index (χ0n) is 10.8. The lowest BCUT2D eigenvalue weighted by Crippen LogP contribution is -2.44. The number of carbonyl (C=O) groups excluding carboxylic acids is 1. The van der Waals surface area contributed by atoms with Crippen LogP contribution < -0.4 is 5.73 Å². The average molecular weight is 250 g/mol. The number of nitrogen functional groups attached to an aromatic ring is 1. The Hall–Kier alpha value is -1.58. The van der Waals surface area contributed by atoms with Crippen LogP contribution in [0.3, 0.4) is 0 Å². The molecule has 0 spiro atoms. The Morgan fingerprint density at radius 1 is 1.44 bits per heavy atom. The molecule has 0 aliphatic carbocycles. The molecule has 0 radical (unpaired) electrons. The molecule has 1 aromatic rings. The summed E-state index contributed by atoms with van der Waals surface area (Å²) in [5.74, 6) is 0.0471. The minimum absolute atomic E-state index is 0.161. The van der Waals surface area contributed by atoms with E-state index in [-0.39, 0.29) is 17.5 Å². The van der Waals surface area contributed by atoms with Gasteiger partial charge in [0.1, 0.15) is 5.82 Å². The van der Waals surface area contributed by atoms with E-state index >= 15 is 0 Å². The first kappa shape index (κ1) is 12.9. The van der Waals surface area contributed by atoms with Gasteiger partial charge < -0.3 is 10.6 Å². The molecule has 1 amide bonds. The third kappa shape index (κ3) is 2.47. The van der Waals surface area contributed by atoms with Crippen LogP contribution in [0.15, 0.2) is 18.2 Å². The second-order valence-corrected chi connectivity index (χ2v) is 5.21. The maximum atomic E-state index is 13.2. The minimum atomic E-state index is -0.425. The van der Waals surface area contributed by atoms with E-state index in [0.29, 0.717) is 11.6 Å². The van der Waals surface area contributed by atoms with Crippen molar-refractivity contribution < 1.29 is 9.18 Å². The van der Waals surface area contributed by atoms with Gasteiger partial charge in [0, 0.05) is 18.3 Å². The van der Waals surface area contributed by atoms with Crippen molar-refractivity contribution >= 4 is 11.6 Å². The van der Waals surface area contributed by atoms with E-state index in [0.717, 1.165) is 19.4 Å². The SMILES string of the molecule is CC1CCN(C(=O)c2cc(F)ccc2N)C(C)C1. The van der Waals surface area contributed by atoms with E-state index in [4.69, 9.17) is 5.73 Å². The number of piperidine rings is 1. The summed E-state index contributed by atoms with van der Waals surface area (Å²) in [6.45, 7) is 4.94. The Kier molecular flexibility index (Phi) is 3.55. The number of hydrogen-bond acceptors (Lipinski definition) is 2. The van der Waals surface area contributed by atoms with Gasteiger partial charge in [0.05, 0.1) is 5.56 Å². The van der Waals surface area contributed by atoms with Gasteiger partial charge in [-0.3, -0.25) is 4.79 Å². The highest BCUT2D eigenvalue weighted by Crippen LogP contribution is 2.25. The van der Waals surface area contributed by atoms with Crippen LogP contribution in [0.2, 0.25) is 0 Å². The molecular weight excluding hydrogens is 231 g/mol. The fourth-order valence-electron chi connectivity index (χ4n) is 2.58. The Morgan fingerprint density at radius 2 is 2.17 bits per heavy atom. The summed E-state index contributed by atoms with van der Waals surface area (Å²) in [7, 11) is 0. The number of anilines is 1. The Morgan fingerprint density at radius 3 is 2.83 bits per heavy atom. The number of benzene rings is 1. The van der Waals surface area contributed by atoms with Crippen LogP contribution in [-0.4, -0.2) is 23.4 Å². The van der Waals surface area contributed by atoms with Crippen molar-refractivity contribution in [1.29, 1.82) is 0 Å². The number of rotatable bonds is 1. The Balaban J connectivity index is 2.23. The van der Waals surface area contributed by atoms with Gasteiger partial charge in [0.2, 0.25) is 0 Å². The smallest absolute Gasteiger partial charge is 0.256 e. The minimum Gasteiger partial charge on any atom is -0.398 e. The fraction of sp³-hybridized carbons (Fsp3) is 0.500. The highest BCUT2D eigenvalue weighted by molar-refractivity contribution is 5.99. The van der Waals surface area contributed by atoms with E-state index in [1.54, 1.807) is 4.90 Å². The third-order valence-electron chi connectivity index (χ3n) is 3.64. The van der Waals surface area contributed by atoms with Gasteiger partial charge >= 0.3 is 0 Å². The highest BCUT2D eigenvalue weighted by atomic mass is 19.1. The highest BCUT2D eigenvalue weighted by Gasteiger charge is 2.28. The van der Waals surface area contributed by atoms with Crippen LogP contribution in [0.5, 0.6) is 0 Å². The van der Waals surface area contributed by atoms with Crippen LogP contribution >= 0.6 is 0 Å². The molecule has 2 atom stereocenters. The number of carbonyl (C=O) groups is 1. The zero-order valence-corrected chi connectivity index (χ0v) is 10.8. The molecule has 1 fully saturated rings. The van der Waals surface area contributed by atoms with Crippen molar-refractivity contribution in [2.45, 2.75) is 32.7 Å². The Bertz CT molecular complexity index is 461. The number of amides is 1.